The number of hydrogen-bond acceptors (Lipinski definition) is 5. The maximum atomic E-state index is 5.69. The van der Waals surface area contributed by atoms with Gasteiger partial charge in [0.2, 0.25) is 0 Å². The number of nitrogens with two attached hydrogens (primary N) is 1. The van der Waals surface area contributed by atoms with E-state index in [1.54, 1.807) is 11.3 Å². The van der Waals surface area contributed by atoms with Crippen LogP contribution in [0.1, 0.15) is 36.4 Å². The zero-order valence-electron chi connectivity index (χ0n) is 9.06. The molecule has 5 heteroatoms. The van der Waals surface area contributed by atoms with Crippen LogP contribution >= 0.6 is 22.7 Å². The van der Waals surface area contributed by atoms with E-state index in [1.807, 2.05) is 5.38 Å². The van der Waals surface area contributed by atoms with Gasteiger partial charge in [0.15, 0.2) is 5.13 Å². The summed E-state index contributed by atoms with van der Waals surface area (Å²) in [6.07, 6.45) is 3.56. The Morgan fingerprint density at radius 1 is 1.44 bits per heavy atom. The third-order valence-electron chi connectivity index (χ3n) is 2.72. The van der Waals surface area contributed by atoms with E-state index in [9.17, 15) is 0 Å². The lowest BCUT2D eigenvalue weighted by Crippen LogP contribution is -1.86. The van der Waals surface area contributed by atoms with Crippen molar-refractivity contribution in [3.05, 3.63) is 16.1 Å². The van der Waals surface area contributed by atoms with E-state index in [4.69, 9.17) is 10.7 Å². The van der Waals surface area contributed by atoms with Gasteiger partial charge in [-0.05, 0) is 19.3 Å². The van der Waals surface area contributed by atoms with E-state index in [0.717, 1.165) is 12.1 Å². The van der Waals surface area contributed by atoms with Crippen LogP contribution in [0.25, 0.3) is 10.6 Å². The predicted molar refractivity (Wildman–Crippen MR) is 69.0 cm³/mol. The first kappa shape index (κ1) is 10.2. The van der Waals surface area contributed by atoms with Crippen molar-refractivity contribution in [3.8, 4) is 10.6 Å². The number of nitrogen functional groups attached to an aromatic ring is 1. The van der Waals surface area contributed by atoms with E-state index in [0.29, 0.717) is 11.0 Å². The van der Waals surface area contributed by atoms with E-state index < -0.39 is 0 Å². The highest BCUT2D eigenvalue weighted by Gasteiger charge is 2.30. The lowest BCUT2D eigenvalue weighted by atomic mass is 10.2. The molecule has 0 aliphatic heterocycles. The van der Waals surface area contributed by atoms with E-state index in [-0.39, 0.29) is 0 Å². The first-order valence-corrected chi connectivity index (χ1v) is 7.18. The van der Waals surface area contributed by atoms with E-state index in [1.165, 1.54) is 39.8 Å². The molecule has 1 aliphatic carbocycles. The average Bonchev–Trinajstić information content (AvgIpc) is 2.89. The van der Waals surface area contributed by atoms with Gasteiger partial charge in [0.1, 0.15) is 0 Å². The second-order valence-electron chi connectivity index (χ2n) is 4.02. The number of rotatable bonds is 3. The van der Waals surface area contributed by atoms with Crippen molar-refractivity contribution in [2.45, 2.75) is 32.1 Å². The van der Waals surface area contributed by atoms with Gasteiger partial charge in [-0.3, -0.25) is 0 Å². The monoisotopic (exact) mass is 251 g/mol. The Morgan fingerprint density at radius 3 is 2.81 bits per heavy atom. The molecule has 0 saturated heterocycles. The maximum absolute atomic E-state index is 5.69. The highest BCUT2D eigenvalue weighted by atomic mass is 32.1. The van der Waals surface area contributed by atoms with Gasteiger partial charge in [0, 0.05) is 11.3 Å². The van der Waals surface area contributed by atoms with E-state index in [2.05, 4.69) is 11.9 Å². The lowest BCUT2D eigenvalue weighted by molar-refractivity contribution is 0.995. The highest BCUT2D eigenvalue weighted by Crippen LogP contribution is 2.46. The lowest BCUT2D eigenvalue weighted by Gasteiger charge is -1.94. The molecule has 0 bridgehead atoms. The van der Waals surface area contributed by atoms with Gasteiger partial charge >= 0.3 is 0 Å². The van der Waals surface area contributed by atoms with Crippen LogP contribution in [0.3, 0.4) is 0 Å². The Hall–Kier alpha value is -0.940. The fourth-order valence-corrected chi connectivity index (χ4v) is 3.42. The number of nitrogens with zero attached hydrogens (tertiary/aromatic N) is 2. The minimum atomic E-state index is 0.642. The highest BCUT2D eigenvalue weighted by molar-refractivity contribution is 7.16. The average molecular weight is 251 g/mol. The largest absolute Gasteiger partial charge is 0.375 e. The standard InChI is InChI=1S/C11H13N3S2/c1-2-8-14-9(6-3-4-6)10(16-8)7-5-15-11(12)13-7/h5-6H,2-4H2,1H3,(H2,12,13). The fourth-order valence-electron chi connectivity index (χ4n) is 1.74. The number of aromatic nitrogens is 2. The number of aryl methyl sites for hydroxylation is 1. The van der Waals surface area contributed by atoms with Crippen LogP contribution < -0.4 is 5.73 Å². The van der Waals surface area contributed by atoms with Crippen molar-refractivity contribution in [1.29, 1.82) is 0 Å². The zero-order chi connectivity index (χ0) is 11.1. The SMILES string of the molecule is CCc1nc(C2CC2)c(-c2csc(N)n2)s1. The molecule has 1 saturated carbocycles. The summed E-state index contributed by atoms with van der Waals surface area (Å²) in [6.45, 7) is 2.15. The van der Waals surface area contributed by atoms with Crippen molar-refractivity contribution in [1.82, 2.24) is 9.97 Å². The van der Waals surface area contributed by atoms with Crippen molar-refractivity contribution in [2.75, 3.05) is 5.73 Å². The van der Waals surface area contributed by atoms with Crippen LogP contribution in [0, 0.1) is 0 Å². The van der Waals surface area contributed by atoms with Gasteiger partial charge in [0.05, 0.1) is 21.3 Å². The molecule has 1 fully saturated rings. The molecule has 84 valence electrons. The maximum Gasteiger partial charge on any atom is 0.180 e. The number of hydrogen-bond donors (Lipinski definition) is 1. The van der Waals surface area contributed by atoms with Crippen molar-refractivity contribution < 1.29 is 0 Å². The van der Waals surface area contributed by atoms with Crippen molar-refractivity contribution in [2.24, 2.45) is 0 Å². The smallest absolute Gasteiger partial charge is 0.180 e. The second kappa shape index (κ2) is 3.82. The van der Waals surface area contributed by atoms with Crippen LogP contribution in [0.2, 0.25) is 0 Å². The first-order chi connectivity index (χ1) is 7.78. The van der Waals surface area contributed by atoms with Gasteiger partial charge < -0.3 is 5.73 Å². The molecule has 0 aromatic carbocycles. The molecule has 0 spiro atoms. The molecule has 0 amide bonds. The Kier molecular flexibility index (Phi) is 2.44. The van der Waals surface area contributed by atoms with Gasteiger partial charge in [-0.1, -0.05) is 6.92 Å². The summed E-state index contributed by atoms with van der Waals surface area (Å²) < 4.78 is 0. The van der Waals surface area contributed by atoms with Crippen molar-refractivity contribution in [3.63, 3.8) is 0 Å². The summed E-state index contributed by atoms with van der Waals surface area (Å²) in [5, 5.41) is 3.89. The van der Waals surface area contributed by atoms with E-state index >= 15 is 0 Å². The van der Waals surface area contributed by atoms with Crippen molar-refractivity contribution >= 4 is 27.8 Å². The van der Waals surface area contributed by atoms with Crippen LogP contribution in [0.15, 0.2) is 5.38 Å². The molecular formula is C11H13N3S2. The molecule has 2 N–H and O–H groups in total. The minimum Gasteiger partial charge on any atom is -0.375 e. The molecular weight excluding hydrogens is 238 g/mol. The second-order valence-corrected chi connectivity index (χ2v) is 5.99. The first-order valence-electron chi connectivity index (χ1n) is 5.49. The molecule has 2 heterocycles. The molecule has 2 aromatic rings. The van der Waals surface area contributed by atoms with Gasteiger partial charge in [-0.25, -0.2) is 9.97 Å². The minimum absolute atomic E-state index is 0.642. The Balaban J connectivity index is 2.07. The Morgan fingerprint density at radius 2 is 2.25 bits per heavy atom. The summed E-state index contributed by atoms with van der Waals surface area (Å²) in [5.41, 5.74) is 7.96. The number of thiazole rings is 2. The van der Waals surface area contributed by atoms with Crippen LogP contribution in [-0.2, 0) is 6.42 Å². The van der Waals surface area contributed by atoms with Crippen LogP contribution in [0.4, 0.5) is 5.13 Å². The molecule has 3 rings (SSSR count). The topological polar surface area (TPSA) is 51.8 Å². The molecule has 0 unspecified atom stereocenters. The molecule has 16 heavy (non-hydrogen) atoms. The third-order valence-corrected chi connectivity index (χ3v) is 4.63. The summed E-state index contributed by atoms with van der Waals surface area (Å²) in [7, 11) is 0. The quantitative estimate of drug-likeness (QED) is 0.910. The molecule has 1 aliphatic rings. The van der Waals surface area contributed by atoms with Crippen LogP contribution in [-0.4, -0.2) is 9.97 Å². The third kappa shape index (κ3) is 1.74. The summed E-state index contributed by atoms with van der Waals surface area (Å²) in [5.74, 6) is 0.675. The predicted octanol–water partition coefficient (Wildman–Crippen LogP) is 3.29. The normalized spacial score (nSPS) is 15.6. The van der Waals surface area contributed by atoms with Gasteiger partial charge in [0.25, 0.3) is 0 Å². The van der Waals surface area contributed by atoms with Crippen LogP contribution in [0.5, 0.6) is 0 Å². The summed E-state index contributed by atoms with van der Waals surface area (Å²) >= 11 is 3.27. The Labute approximate surface area is 102 Å². The number of anilines is 1. The molecule has 0 radical (unpaired) electrons. The summed E-state index contributed by atoms with van der Waals surface area (Å²) in [6, 6.07) is 0. The molecule has 3 nitrogen and oxygen atoms in total. The summed E-state index contributed by atoms with van der Waals surface area (Å²) in [4.78, 5) is 10.3. The van der Waals surface area contributed by atoms with Gasteiger partial charge in [-0.2, -0.15) is 0 Å². The zero-order valence-corrected chi connectivity index (χ0v) is 10.7. The fraction of sp³-hybridized carbons (Fsp3) is 0.455. The molecule has 2 aromatic heterocycles. The Bertz CT molecular complexity index is 511. The van der Waals surface area contributed by atoms with Gasteiger partial charge in [-0.15, -0.1) is 22.7 Å². The molecule has 0 atom stereocenters.